The molecule has 0 unspecified atom stereocenters. The molecule has 3 heterocycles. The Morgan fingerprint density at radius 3 is 2.74 bits per heavy atom. The summed E-state index contributed by atoms with van der Waals surface area (Å²) in [6.45, 7) is 5.42. The van der Waals surface area contributed by atoms with Crippen LogP contribution >= 0.6 is 0 Å². The largest absolute Gasteiger partial charge is 0.497 e. The molecule has 0 spiro atoms. The minimum Gasteiger partial charge on any atom is -0.497 e. The number of benzene rings is 1. The summed E-state index contributed by atoms with van der Waals surface area (Å²) >= 11 is 0. The third kappa shape index (κ3) is 3.36. The first kappa shape index (κ1) is 17.8. The van der Waals surface area contributed by atoms with Gasteiger partial charge in [-0.05, 0) is 31.2 Å². The van der Waals surface area contributed by atoms with Gasteiger partial charge in [-0.3, -0.25) is 9.58 Å². The zero-order valence-electron chi connectivity index (χ0n) is 15.8. The van der Waals surface area contributed by atoms with E-state index in [4.69, 9.17) is 4.74 Å². The van der Waals surface area contributed by atoms with Crippen LogP contribution in [0.25, 0.3) is 5.69 Å². The van der Waals surface area contributed by atoms with Gasteiger partial charge in [0, 0.05) is 55.4 Å². The lowest BCUT2D eigenvalue weighted by Crippen LogP contribution is -2.32. The van der Waals surface area contributed by atoms with Gasteiger partial charge in [-0.25, -0.2) is 4.98 Å². The van der Waals surface area contributed by atoms with E-state index in [-0.39, 0.29) is 6.61 Å². The molecule has 1 N–H and O–H groups in total. The van der Waals surface area contributed by atoms with E-state index in [1.807, 2.05) is 41.3 Å². The number of aliphatic hydroxyl groups excluding tert-OH is 1. The van der Waals surface area contributed by atoms with Gasteiger partial charge in [0.15, 0.2) is 0 Å². The molecule has 1 aliphatic heterocycles. The highest BCUT2D eigenvalue weighted by atomic mass is 16.5. The molecule has 0 amide bonds. The van der Waals surface area contributed by atoms with E-state index in [0.717, 1.165) is 55.6 Å². The number of rotatable bonds is 6. The maximum absolute atomic E-state index is 9.66. The van der Waals surface area contributed by atoms with Crippen molar-refractivity contribution in [2.75, 3.05) is 13.7 Å². The van der Waals surface area contributed by atoms with Crippen LogP contribution in [-0.4, -0.2) is 43.0 Å². The third-order valence-electron chi connectivity index (χ3n) is 5.18. The number of imidazole rings is 1. The van der Waals surface area contributed by atoms with Crippen molar-refractivity contribution in [1.29, 1.82) is 0 Å². The molecular formula is C20H25N5O2. The van der Waals surface area contributed by atoms with Crippen LogP contribution in [0.1, 0.15) is 29.7 Å². The second kappa shape index (κ2) is 7.54. The van der Waals surface area contributed by atoms with E-state index in [1.54, 1.807) is 7.11 Å². The van der Waals surface area contributed by atoms with E-state index >= 15 is 0 Å². The molecule has 1 aromatic carbocycles. The van der Waals surface area contributed by atoms with Crippen LogP contribution < -0.4 is 4.74 Å². The smallest absolute Gasteiger partial charge is 0.127 e. The lowest BCUT2D eigenvalue weighted by atomic mass is 10.1. The number of aryl methyl sites for hydroxylation is 1. The Morgan fingerprint density at radius 2 is 2.04 bits per heavy atom. The van der Waals surface area contributed by atoms with Crippen LogP contribution in [-0.2, 0) is 32.7 Å². The zero-order valence-corrected chi connectivity index (χ0v) is 15.8. The van der Waals surface area contributed by atoms with Gasteiger partial charge in [0.2, 0.25) is 0 Å². The second-order valence-corrected chi connectivity index (χ2v) is 6.72. The minimum atomic E-state index is -0.0103. The molecule has 0 bridgehead atoms. The molecule has 4 rings (SSSR count). The fraction of sp³-hybridized carbons (Fsp3) is 0.400. The second-order valence-electron chi connectivity index (χ2n) is 6.72. The van der Waals surface area contributed by atoms with Gasteiger partial charge in [0.05, 0.1) is 26.0 Å². The number of ether oxygens (including phenoxy) is 1. The van der Waals surface area contributed by atoms with E-state index in [1.165, 1.54) is 11.3 Å². The van der Waals surface area contributed by atoms with Crippen molar-refractivity contribution in [3.8, 4) is 11.4 Å². The highest BCUT2D eigenvalue weighted by Gasteiger charge is 2.25. The fourth-order valence-corrected chi connectivity index (χ4v) is 3.77. The van der Waals surface area contributed by atoms with Crippen LogP contribution in [0.15, 0.2) is 36.7 Å². The van der Waals surface area contributed by atoms with E-state index in [2.05, 4.69) is 26.5 Å². The number of hydrogen-bond donors (Lipinski definition) is 1. The van der Waals surface area contributed by atoms with Crippen molar-refractivity contribution in [2.45, 2.75) is 39.6 Å². The molecule has 0 saturated carbocycles. The summed E-state index contributed by atoms with van der Waals surface area (Å²) in [4.78, 5) is 6.94. The van der Waals surface area contributed by atoms with Crippen molar-refractivity contribution in [1.82, 2.24) is 24.2 Å². The monoisotopic (exact) mass is 367 g/mol. The summed E-state index contributed by atoms with van der Waals surface area (Å²) < 4.78 is 9.38. The minimum absolute atomic E-state index is 0.0103. The molecule has 1 aliphatic rings. The first-order valence-electron chi connectivity index (χ1n) is 9.30. The van der Waals surface area contributed by atoms with Crippen LogP contribution in [0.5, 0.6) is 5.75 Å². The van der Waals surface area contributed by atoms with Crippen molar-refractivity contribution in [3.63, 3.8) is 0 Å². The highest BCUT2D eigenvalue weighted by molar-refractivity contribution is 5.38. The van der Waals surface area contributed by atoms with Crippen molar-refractivity contribution < 1.29 is 9.84 Å². The molecule has 0 fully saturated rings. The van der Waals surface area contributed by atoms with Crippen LogP contribution in [0, 0.1) is 0 Å². The summed E-state index contributed by atoms with van der Waals surface area (Å²) in [6, 6.07) is 7.98. The molecule has 0 aliphatic carbocycles. The predicted molar refractivity (Wildman–Crippen MR) is 102 cm³/mol. The van der Waals surface area contributed by atoms with Crippen molar-refractivity contribution in [3.05, 3.63) is 59.4 Å². The van der Waals surface area contributed by atoms with Crippen molar-refractivity contribution >= 4 is 0 Å². The van der Waals surface area contributed by atoms with Gasteiger partial charge in [0.1, 0.15) is 11.6 Å². The molecular weight excluding hydrogens is 342 g/mol. The average Bonchev–Trinajstić information content (AvgIpc) is 3.32. The third-order valence-corrected chi connectivity index (χ3v) is 5.18. The summed E-state index contributed by atoms with van der Waals surface area (Å²) in [5.74, 6) is 1.84. The quantitative estimate of drug-likeness (QED) is 0.723. The molecule has 0 atom stereocenters. The first-order valence-corrected chi connectivity index (χ1v) is 9.30. The normalized spacial score (nSPS) is 14.3. The maximum atomic E-state index is 9.66. The van der Waals surface area contributed by atoms with Gasteiger partial charge in [-0.15, -0.1) is 0 Å². The lowest BCUT2D eigenvalue weighted by Gasteiger charge is -2.27. The molecule has 0 saturated heterocycles. The van der Waals surface area contributed by atoms with Gasteiger partial charge >= 0.3 is 0 Å². The van der Waals surface area contributed by atoms with Gasteiger partial charge in [0.25, 0.3) is 0 Å². The molecule has 27 heavy (non-hydrogen) atoms. The SMILES string of the molecule is CCn1nc(CO)c2c1CCN(Cc1nccn1-c1ccc(OC)cc1)C2. The summed E-state index contributed by atoms with van der Waals surface area (Å²) in [5.41, 5.74) is 4.30. The summed E-state index contributed by atoms with van der Waals surface area (Å²) in [7, 11) is 1.67. The molecule has 0 radical (unpaired) electrons. The topological polar surface area (TPSA) is 68.3 Å². The summed E-state index contributed by atoms with van der Waals surface area (Å²) in [5, 5.41) is 14.2. The van der Waals surface area contributed by atoms with Crippen LogP contribution in [0.4, 0.5) is 0 Å². The standard InChI is InChI=1S/C20H25N5O2/c1-3-25-19-8-10-23(12-17(19)18(14-26)22-25)13-20-21-9-11-24(20)15-4-6-16(27-2)7-5-15/h4-7,9,11,26H,3,8,10,12-14H2,1-2H3. The molecule has 3 aromatic rings. The van der Waals surface area contributed by atoms with Gasteiger partial charge < -0.3 is 14.4 Å². The fourth-order valence-electron chi connectivity index (χ4n) is 3.77. The Morgan fingerprint density at radius 1 is 1.22 bits per heavy atom. The molecule has 142 valence electrons. The number of nitrogens with zero attached hydrogens (tertiary/aromatic N) is 5. The molecule has 7 nitrogen and oxygen atoms in total. The number of aliphatic hydroxyl groups is 1. The predicted octanol–water partition coefficient (Wildman–Crippen LogP) is 2.15. The Hall–Kier alpha value is -2.64. The van der Waals surface area contributed by atoms with Crippen LogP contribution in [0.2, 0.25) is 0 Å². The van der Waals surface area contributed by atoms with E-state index in [9.17, 15) is 5.11 Å². The van der Waals surface area contributed by atoms with Crippen LogP contribution in [0.3, 0.4) is 0 Å². The lowest BCUT2D eigenvalue weighted by molar-refractivity contribution is 0.230. The molecule has 7 heteroatoms. The number of hydrogen-bond acceptors (Lipinski definition) is 5. The maximum Gasteiger partial charge on any atom is 0.127 e. The number of methoxy groups -OCH3 is 1. The van der Waals surface area contributed by atoms with E-state index in [0.29, 0.717) is 0 Å². The van der Waals surface area contributed by atoms with Crippen molar-refractivity contribution in [2.24, 2.45) is 0 Å². The number of aromatic nitrogens is 4. The Kier molecular flexibility index (Phi) is 4.96. The summed E-state index contributed by atoms with van der Waals surface area (Å²) in [6.07, 6.45) is 4.77. The Labute approximate surface area is 158 Å². The average molecular weight is 367 g/mol. The van der Waals surface area contributed by atoms with Gasteiger partial charge in [-0.2, -0.15) is 5.10 Å². The first-order chi connectivity index (χ1) is 13.2. The number of fused-ring (bicyclic) bond motifs is 1. The Bertz CT molecular complexity index is 913. The Balaban J connectivity index is 1.54. The molecule has 2 aromatic heterocycles. The zero-order chi connectivity index (χ0) is 18.8. The highest BCUT2D eigenvalue weighted by Crippen LogP contribution is 2.24. The van der Waals surface area contributed by atoms with E-state index < -0.39 is 0 Å². The van der Waals surface area contributed by atoms with Gasteiger partial charge in [-0.1, -0.05) is 0 Å².